The van der Waals surface area contributed by atoms with Gasteiger partial charge in [0.2, 0.25) is 0 Å². The van der Waals surface area contributed by atoms with Gasteiger partial charge in [0.25, 0.3) is 11.8 Å². The maximum Gasteiger partial charge on any atom is 0.257 e. The van der Waals surface area contributed by atoms with Gasteiger partial charge in [0.1, 0.15) is 5.82 Å². The molecular weight excluding hydrogens is 369 g/mol. The Morgan fingerprint density at radius 2 is 1.63 bits per heavy atom. The van der Waals surface area contributed by atoms with Crippen LogP contribution in [0.4, 0.5) is 10.1 Å². The molecule has 0 aliphatic carbocycles. The minimum absolute atomic E-state index is 0.0519. The first kappa shape index (κ1) is 18.5. The number of benzene rings is 2. The molecule has 0 saturated carbocycles. The molecule has 2 aromatic carbocycles. The molecule has 5 nitrogen and oxygen atoms in total. The van der Waals surface area contributed by atoms with Gasteiger partial charge >= 0.3 is 0 Å². The third-order valence-electron chi connectivity index (χ3n) is 3.78. The van der Waals surface area contributed by atoms with Gasteiger partial charge in [-0.05, 0) is 29.8 Å². The fourth-order valence-electron chi connectivity index (χ4n) is 2.36. The van der Waals surface area contributed by atoms with E-state index in [1.54, 1.807) is 24.3 Å². The van der Waals surface area contributed by atoms with Gasteiger partial charge < -0.3 is 10.6 Å². The third kappa shape index (κ3) is 4.68. The van der Waals surface area contributed by atoms with Gasteiger partial charge in [0, 0.05) is 24.0 Å². The first-order valence-electron chi connectivity index (χ1n) is 8.07. The summed E-state index contributed by atoms with van der Waals surface area (Å²) in [6.45, 7) is 0.240. The van der Waals surface area contributed by atoms with Crippen LogP contribution in [0.15, 0.2) is 67.0 Å². The number of hydrogen-bond acceptors (Lipinski definition) is 3. The van der Waals surface area contributed by atoms with Crippen molar-refractivity contribution in [3.8, 4) is 0 Å². The highest BCUT2D eigenvalue weighted by Gasteiger charge is 2.13. The summed E-state index contributed by atoms with van der Waals surface area (Å²) >= 11 is 6.06. The molecule has 2 amide bonds. The van der Waals surface area contributed by atoms with Gasteiger partial charge in [-0.3, -0.25) is 14.6 Å². The van der Waals surface area contributed by atoms with Crippen LogP contribution in [-0.4, -0.2) is 16.8 Å². The SMILES string of the molecule is O=C(NCc1ccccc1Cl)c1cncc(C(=O)Nc2ccccc2F)c1. The lowest BCUT2D eigenvalue weighted by Gasteiger charge is -2.09. The number of pyridine rings is 1. The molecule has 0 radical (unpaired) electrons. The maximum absolute atomic E-state index is 13.7. The quantitative estimate of drug-likeness (QED) is 0.698. The van der Waals surface area contributed by atoms with Gasteiger partial charge in [-0.25, -0.2) is 4.39 Å². The average molecular weight is 384 g/mol. The van der Waals surface area contributed by atoms with Gasteiger partial charge in [0.05, 0.1) is 16.8 Å². The summed E-state index contributed by atoms with van der Waals surface area (Å²) in [7, 11) is 0. The second kappa shape index (κ2) is 8.42. The Kier molecular flexibility index (Phi) is 5.78. The number of carbonyl (C=O) groups excluding carboxylic acids is 2. The van der Waals surface area contributed by atoms with Crippen molar-refractivity contribution in [1.29, 1.82) is 0 Å². The number of halogens is 2. The van der Waals surface area contributed by atoms with E-state index < -0.39 is 17.6 Å². The number of para-hydroxylation sites is 1. The van der Waals surface area contributed by atoms with Crippen LogP contribution in [0.25, 0.3) is 0 Å². The largest absolute Gasteiger partial charge is 0.348 e. The van der Waals surface area contributed by atoms with E-state index >= 15 is 0 Å². The number of amides is 2. The van der Waals surface area contributed by atoms with Gasteiger partial charge in [-0.15, -0.1) is 0 Å². The summed E-state index contributed by atoms with van der Waals surface area (Å²) in [4.78, 5) is 28.6. The van der Waals surface area contributed by atoms with E-state index in [2.05, 4.69) is 15.6 Å². The third-order valence-corrected chi connectivity index (χ3v) is 4.15. The lowest BCUT2D eigenvalue weighted by Crippen LogP contribution is -2.24. The van der Waals surface area contributed by atoms with Crippen molar-refractivity contribution in [3.63, 3.8) is 0 Å². The summed E-state index contributed by atoms with van der Waals surface area (Å²) in [6.07, 6.45) is 2.66. The Balaban J connectivity index is 1.69. The van der Waals surface area contributed by atoms with Crippen LogP contribution < -0.4 is 10.6 Å². The van der Waals surface area contributed by atoms with Crippen molar-refractivity contribution in [2.45, 2.75) is 6.54 Å². The van der Waals surface area contributed by atoms with Gasteiger partial charge in [-0.2, -0.15) is 0 Å². The monoisotopic (exact) mass is 383 g/mol. The Bertz CT molecular complexity index is 994. The van der Waals surface area contributed by atoms with E-state index in [1.807, 2.05) is 6.07 Å². The second-order valence-corrected chi connectivity index (χ2v) is 6.08. The second-order valence-electron chi connectivity index (χ2n) is 5.67. The maximum atomic E-state index is 13.7. The molecule has 0 aliphatic heterocycles. The number of anilines is 1. The minimum Gasteiger partial charge on any atom is -0.348 e. The summed E-state index contributed by atoms with van der Waals surface area (Å²) in [5, 5.41) is 5.73. The standard InChI is InChI=1S/C20H15ClFN3O2/c21-16-6-2-1-5-13(16)12-24-19(26)14-9-15(11-23-10-14)20(27)25-18-8-4-3-7-17(18)22/h1-11H,12H2,(H,24,26)(H,25,27). The molecule has 0 unspecified atom stereocenters. The molecule has 2 N–H and O–H groups in total. The first-order valence-corrected chi connectivity index (χ1v) is 8.45. The van der Waals surface area contributed by atoms with E-state index in [-0.39, 0.29) is 23.4 Å². The Morgan fingerprint density at radius 3 is 2.37 bits per heavy atom. The molecule has 0 bridgehead atoms. The van der Waals surface area contributed by atoms with Crippen LogP contribution in [-0.2, 0) is 6.54 Å². The molecule has 0 aliphatic rings. The number of hydrogen-bond donors (Lipinski definition) is 2. The van der Waals surface area contributed by atoms with Gasteiger partial charge in [0.15, 0.2) is 0 Å². The molecule has 0 atom stereocenters. The van der Waals surface area contributed by atoms with Crippen LogP contribution in [0.2, 0.25) is 5.02 Å². The highest BCUT2D eigenvalue weighted by Crippen LogP contribution is 2.16. The lowest BCUT2D eigenvalue weighted by molar-refractivity contribution is 0.0950. The molecule has 0 saturated heterocycles. The number of aromatic nitrogens is 1. The predicted molar refractivity (Wildman–Crippen MR) is 101 cm³/mol. The van der Waals surface area contributed by atoms with E-state index in [9.17, 15) is 14.0 Å². The van der Waals surface area contributed by atoms with Crippen molar-refractivity contribution in [2.75, 3.05) is 5.32 Å². The zero-order valence-electron chi connectivity index (χ0n) is 14.1. The highest BCUT2D eigenvalue weighted by molar-refractivity contribution is 6.31. The minimum atomic E-state index is -0.562. The molecular formula is C20H15ClFN3O2. The average Bonchev–Trinajstić information content (AvgIpc) is 2.69. The number of nitrogens with one attached hydrogen (secondary N) is 2. The first-order chi connectivity index (χ1) is 13.0. The molecule has 3 rings (SSSR count). The molecule has 7 heteroatoms. The van der Waals surface area contributed by atoms with Crippen molar-refractivity contribution in [2.24, 2.45) is 0 Å². The van der Waals surface area contributed by atoms with Crippen molar-refractivity contribution < 1.29 is 14.0 Å². The van der Waals surface area contributed by atoms with E-state index in [0.717, 1.165) is 5.56 Å². The smallest absolute Gasteiger partial charge is 0.257 e. The van der Waals surface area contributed by atoms with Crippen molar-refractivity contribution in [3.05, 3.63) is 94.5 Å². The Hall–Kier alpha value is -3.25. The molecule has 27 heavy (non-hydrogen) atoms. The topological polar surface area (TPSA) is 71.1 Å². The van der Waals surface area contributed by atoms with Crippen LogP contribution in [0.3, 0.4) is 0 Å². The van der Waals surface area contributed by atoms with Crippen LogP contribution in [0, 0.1) is 5.82 Å². The molecule has 3 aromatic rings. The summed E-state index contributed by atoms with van der Waals surface area (Å²) in [6, 6.07) is 14.4. The van der Waals surface area contributed by atoms with E-state index in [1.165, 1.54) is 36.7 Å². The normalized spacial score (nSPS) is 10.3. The van der Waals surface area contributed by atoms with Crippen LogP contribution in [0.1, 0.15) is 26.3 Å². The summed E-state index contributed by atoms with van der Waals surface area (Å²) < 4.78 is 13.7. The zero-order chi connectivity index (χ0) is 19.2. The molecule has 136 valence electrons. The summed E-state index contributed by atoms with van der Waals surface area (Å²) in [5.41, 5.74) is 1.18. The summed E-state index contributed by atoms with van der Waals surface area (Å²) in [5.74, 6) is -1.51. The highest BCUT2D eigenvalue weighted by atomic mass is 35.5. The Morgan fingerprint density at radius 1 is 0.963 bits per heavy atom. The van der Waals surface area contributed by atoms with Crippen LogP contribution >= 0.6 is 11.6 Å². The molecule has 1 heterocycles. The number of nitrogens with zero attached hydrogens (tertiary/aromatic N) is 1. The molecule has 0 fully saturated rings. The number of rotatable bonds is 5. The van der Waals surface area contributed by atoms with Crippen LogP contribution in [0.5, 0.6) is 0 Å². The fraction of sp³-hybridized carbons (Fsp3) is 0.0500. The fourth-order valence-corrected chi connectivity index (χ4v) is 2.57. The zero-order valence-corrected chi connectivity index (χ0v) is 14.8. The van der Waals surface area contributed by atoms with Crippen molar-refractivity contribution >= 4 is 29.1 Å². The van der Waals surface area contributed by atoms with Gasteiger partial charge in [-0.1, -0.05) is 41.9 Å². The molecule has 1 aromatic heterocycles. The van der Waals surface area contributed by atoms with E-state index in [0.29, 0.717) is 5.02 Å². The predicted octanol–water partition coefficient (Wildman–Crippen LogP) is 4.06. The number of carbonyl (C=O) groups is 2. The van der Waals surface area contributed by atoms with Crippen molar-refractivity contribution in [1.82, 2.24) is 10.3 Å². The Labute approximate surface area is 160 Å². The van der Waals surface area contributed by atoms with E-state index in [4.69, 9.17) is 11.6 Å². The lowest BCUT2D eigenvalue weighted by atomic mass is 10.1. The molecule has 0 spiro atoms.